The maximum Gasteiger partial charge on any atom is 0.241 e. The van der Waals surface area contributed by atoms with Crippen LogP contribution in [0, 0.1) is 18.8 Å². The highest BCUT2D eigenvalue weighted by atomic mass is 79.9. The summed E-state index contributed by atoms with van der Waals surface area (Å²) < 4.78 is 7.02. The standard InChI is InChI=1S/C27H17BrClNO5/c1-13-9-10-16(12-19(13)29)30-25(33)20-21(26(30)34)27(35-22(20)14-5-4-6-15(28)11-14)23(31)17-7-2-3-8-18(17)24(27)32/h2-12,20-22H,1H3/t20-,21-,22+/m0/s1. The minimum absolute atomic E-state index is 0.197. The Morgan fingerprint density at radius 1 is 0.886 bits per heavy atom. The number of carbonyl (C=O) groups excluding carboxylic acids is 4. The maximum atomic E-state index is 13.9. The number of benzene rings is 3. The summed E-state index contributed by atoms with van der Waals surface area (Å²) in [6.07, 6.45) is -0.970. The Hall–Kier alpha value is -3.13. The Bertz CT molecular complexity index is 1450. The van der Waals surface area contributed by atoms with E-state index in [9.17, 15) is 19.2 Å². The highest BCUT2D eigenvalue weighted by Crippen LogP contribution is 2.57. The molecule has 2 fully saturated rings. The van der Waals surface area contributed by atoms with Gasteiger partial charge < -0.3 is 4.74 Å². The Morgan fingerprint density at radius 2 is 1.57 bits per heavy atom. The van der Waals surface area contributed by atoms with Crippen molar-refractivity contribution in [1.29, 1.82) is 0 Å². The van der Waals surface area contributed by atoms with Gasteiger partial charge in [-0.05, 0) is 42.3 Å². The number of carbonyl (C=O) groups is 4. The lowest BCUT2D eigenvalue weighted by Gasteiger charge is -2.27. The number of aryl methyl sites for hydroxylation is 1. The van der Waals surface area contributed by atoms with Gasteiger partial charge in [-0.1, -0.05) is 70.0 Å². The molecule has 8 heteroatoms. The van der Waals surface area contributed by atoms with Crippen LogP contribution in [0.5, 0.6) is 0 Å². The molecule has 2 amide bonds. The van der Waals surface area contributed by atoms with Crippen LogP contribution in [0.3, 0.4) is 0 Å². The van der Waals surface area contributed by atoms with Gasteiger partial charge in [0.05, 0.1) is 23.6 Å². The maximum absolute atomic E-state index is 13.9. The third-order valence-electron chi connectivity index (χ3n) is 7.11. The van der Waals surface area contributed by atoms with E-state index in [1.54, 1.807) is 60.7 Å². The van der Waals surface area contributed by atoms with Gasteiger partial charge in [0.1, 0.15) is 0 Å². The lowest BCUT2D eigenvalue weighted by molar-refractivity contribution is -0.127. The van der Waals surface area contributed by atoms with Crippen LogP contribution in [0.15, 0.2) is 71.2 Å². The Kier molecular flexibility index (Phi) is 4.90. The van der Waals surface area contributed by atoms with Crippen molar-refractivity contribution in [3.05, 3.63) is 98.5 Å². The molecule has 0 N–H and O–H groups in total. The number of halogens is 2. The van der Waals surface area contributed by atoms with E-state index in [1.807, 2.05) is 13.0 Å². The number of Topliss-reactive ketones (excluding diaryl/α,β-unsaturated/α-hetero) is 2. The van der Waals surface area contributed by atoms with Gasteiger partial charge in [-0.2, -0.15) is 0 Å². The normalized spacial score (nSPS) is 24.4. The average Bonchev–Trinajstić information content (AvgIpc) is 3.41. The lowest BCUT2D eigenvalue weighted by atomic mass is 9.77. The molecule has 0 bridgehead atoms. The summed E-state index contributed by atoms with van der Waals surface area (Å²) in [5, 5.41) is 0.398. The molecule has 1 aliphatic carbocycles. The summed E-state index contributed by atoms with van der Waals surface area (Å²) in [4.78, 5) is 56.3. The van der Waals surface area contributed by atoms with Crippen LogP contribution in [0.2, 0.25) is 5.02 Å². The summed E-state index contributed by atoms with van der Waals surface area (Å²) >= 11 is 9.72. The molecule has 3 aromatic carbocycles. The molecule has 0 radical (unpaired) electrons. The quantitative estimate of drug-likeness (QED) is 0.327. The molecule has 0 unspecified atom stereocenters. The molecule has 35 heavy (non-hydrogen) atoms. The first-order valence-electron chi connectivity index (χ1n) is 11.0. The van der Waals surface area contributed by atoms with Crippen LogP contribution in [0.25, 0.3) is 0 Å². The number of fused-ring (bicyclic) bond motifs is 3. The molecule has 6 rings (SSSR count). The van der Waals surface area contributed by atoms with Crippen LogP contribution in [0.1, 0.15) is 37.9 Å². The smallest absolute Gasteiger partial charge is 0.241 e. The Morgan fingerprint density at radius 3 is 2.20 bits per heavy atom. The van der Waals surface area contributed by atoms with Gasteiger partial charge in [-0.25, -0.2) is 4.90 Å². The number of rotatable bonds is 2. The van der Waals surface area contributed by atoms with Gasteiger partial charge in [0.15, 0.2) is 0 Å². The minimum atomic E-state index is -2.10. The number of hydrogen-bond donors (Lipinski definition) is 0. The second-order valence-electron chi connectivity index (χ2n) is 8.98. The summed E-state index contributed by atoms with van der Waals surface area (Å²) in [5.74, 6) is -4.71. The van der Waals surface area contributed by atoms with Crippen LogP contribution < -0.4 is 4.90 Å². The fourth-order valence-corrected chi connectivity index (χ4v) is 6.07. The largest absolute Gasteiger partial charge is 0.349 e. The molecule has 2 saturated heterocycles. The molecule has 2 heterocycles. The van der Waals surface area contributed by atoms with E-state index < -0.39 is 46.9 Å². The van der Waals surface area contributed by atoms with E-state index in [0.29, 0.717) is 16.3 Å². The van der Waals surface area contributed by atoms with Gasteiger partial charge in [0.25, 0.3) is 0 Å². The number of amides is 2. The second kappa shape index (κ2) is 7.68. The molecule has 1 spiro atoms. The molecule has 3 atom stereocenters. The molecule has 2 aliphatic heterocycles. The first-order chi connectivity index (χ1) is 16.8. The topological polar surface area (TPSA) is 80.8 Å². The van der Waals surface area contributed by atoms with Crippen LogP contribution >= 0.6 is 27.5 Å². The number of anilines is 1. The molecule has 0 aromatic heterocycles. The summed E-state index contributed by atoms with van der Waals surface area (Å²) in [6.45, 7) is 1.81. The molecule has 174 valence electrons. The van der Waals surface area contributed by atoms with E-state index in [0.717, 1.165) is 14.9 Å². The SMILES string of the molecule is Cc1ccc(N2C(=O)[C@@H]3[C@@H](c4cccc(Br)c4)OC4(C(=O)c5ccccc5C4=O)[C@@H]3C2=O)cc1Cl. The minimum Gasteiger partial charge on any atom is -0.349 e. The molecular formula is C27H17BrClNO5. The van der Waals surface area contributed by atoms with E-state index in [-0.39, 0.29) is 11.1 Å². The van der Waals surface area contributed by atoms with Crippen LogP contribution in [0.4, 0.5) is 5.69 Å². The van der Waals surface area contributed by atoms with Gasteiger partial charge in [-0.15, -0.1) is 0 Å². The zero-order valence-corrected chi connectivity index (χ0v) is 20.7. The van der Waals surface area contributed by atoms with Gasteiger partial charge in [0, 0.05) is 20.6 Å². The monoisotopic (exact) mass is 549 g/mol. The Labute approximate surface area is 214 Å². The summed E-state index contributed by atoms with van der Waals surface area (Å²) in [5.41, 5.74) is -0.0296. The third kappa shape index (κ3) is 2.92. The van der Waals surface area contributed by atoms with Crippen molar-refractivity contribution in [2.45, 2.75) is 18.6 Å². The van der Waals surface area contributed by atoms with E-state index in [2.05, 4.69) is 15.9 Å². The van der Waals surface area contributed by atoms with Crippen molar-refractivity contribution in [3.8, 4) is 0 Å². The van der Waals surface area contributed by atoms with Gasteiger partial charge in [0.2, 0.25) is 29.0 Å². The van der Waals surface area contributed by atoms with Gasteiger partial charge >= 0.3 is 0 Å². The zero-order valence-electron chi connectivity index (χ0n) is 18.3. The first-order valence-corrected chi connectivity index (χ1v) is 12.2. The van der Waals surface area contributed by atoms with Crippen molar-refractivity contribution in [2.24, 2.45) is 11.8 Å². The van der Waals surface area contributed by atoms with E-state index in [1.165, 1.54) is 0 Å². The summed E-state index contributed by atoms with van der Waals surface area (Å²) in [6, 6.07) is 18.4. The number of ether oxygens (including phenoxy) is 1. The summed E-state index contributed by atoms with van der Waals surface area (Å²) in [7, 11) is 0. The van der Waals surface area contributed by atoms with Gasteiger partial charge in [-0.3, -0.25) is 19.2 Å². The predicted octanol–water partition coefficient (Wildman–Crippen LogP) is 5.11. The van der Waals surface area contributed by atoms with Crippen molar-refractivity contribution in [2.75, 3.05) is 4.90 Å². The fourth-order valence-electron chi connectivity index (χ4n) is 5.48. The predicted molar refractivity (Wildman–Crippen MR) is 131 cm³/mol. The van der Waals surface area contributed by atoms with Crippen LogP contribution in [-0.4, -0.2) is 29.0 Å². The lowest BCUT2D eigenvalue weighted by Crippen LogP contribution is -2.51. The molecule has 3 aromatic rings. The fraction of sp³-hybridized carbons (Fsp3) is 0.185. The number of ketones is 2. The number of nitrogens with zero attached hydrogens (tertiary/aromatic N) is 1. The van der Waals surface area contributed by atoms with E-state index in [4.69, 9.17) is 16.3 Å². The number of hydrogen-bond acceptors (Lipinski definition) is 5. The van der Waals surface area contributed by atoms with Crippen molar-refractivity contribution in [1.82, 2.24) is 0 Å². The average molecular weight is 551 g/mol. The molecule has 3 aliphatic rings. The molecular weight excluding hydrogens is 534 g/mol. The third-order valence-corrected chi connectivity index (χ3v) is 8.01. The van der Waals surface area contributed by atoms with Crippen molar-refractivity contribution >= 4 is 56.6 Å². The van der Waals surface area contributed by atoms with Crippen molar-refractivity contribution < 1.29 is 23.9 Å². The van der Waals surface area contributed by atoms with Crippen LogP contribution in [-0.2, 0) is 14.3 Å². The second-order valence-corrected chi connectivity index (χ2v) is 10.3. The van der Waals surface area contributed by atoms with Crippen molar-refractivity contribution in [3.63, 3.8) is 0 Å². The van der Waals surface area contributed by atoms with E-state index >= 15 is 0 Å². The highest BCUT2D eigenvalue weighted by Gasteiger charge is 2.74. The Balaban J connectivity index is 1.55. The first kappa shape index (κ1) is 22.3. The molecule has 6 nitrogen and oxygen atoms in total. The highest BCUT2D eigenvalue weighted by molar-refractivity contribution is 9.10. The number of imide groups is 1. The zero-order chi connectivity index (χ0) is 24.6. The molecule has 0 saturated carbocycles.